The van der Waals surface area contributed by atoms with E-state index in [1.54, 1.807) is 0 Å². The van der Waals surface area contributed by atoms with Crippen LogP contribution in [0.4, 0.5) is 26.1 Å². The van der Waals surface area contributed by atoms with Gasteiger partial charge in [0, 0.05) is 6.07 Å². The number of pyridine rings is 1. The third-order valence-corrected chi connectivity index (χ3v) is 3.14. The van der Waals surface area contributed by atoms with Gasteiger partial charge >= 0.3 is 0 Å². The lowest BCUT2D eigenvalue weighted by atomic mass is 10.2. The van der Waals surface area contributed by atoms with Gasteiger partial charge in [-0.25, -0.2) is 19.6 Å². The lowest BCUT2D eigenvalue weighted by molar-refractivity contribution is 0.595. The van der Waals surface area contributed by atoms with Gasteiger partial charge in [-0.3, -0.25) is 0 Å². The molecule has 0 aliphatic heterocycles. The first-order valence-electron chi connectivity index (χ1n) is 5.47. The third kappa shape index (κ3) is 2.92. The van der Waals surface area contributed by atoms with Crippen LogP contribution in [0.15, 0.2) is 18.2 Å². The van der Waals surface area contributed by atoms with Crippen LogP contribution in [-0.4, -0.2) is 4.98 Å². The highest BCUT2D eigenvalue weighted by Crippen LogP contribution is 2.31. The Balaban J connectivity index is 2.42. The number of nitrogens with zero attached hydrogens (tertiary/aromatic N) is 1. The predicted molar refractivity (Wildman–Crippen MR) is 76.4 cm³/mol. The van der Waals surface area contributed by atoms with Crippen LogP contribution in [0.1, 0.15) is 5.56 Å². The number of hydrazine groups is 1. The number of hydrogen-bond acceptors (Lipinski definition) is 4. The summed E-state index contributed by atoms with van der Waals surface area (Å²) in [6, 6.07) is 3.48. The van der Waals surface area contributed by atoms with Gasteiger partial charge in [-0.1, -0.05) is 23.2 Å². The summed E-state index contributed by atoms with van der Waals surface area (Å²) >= 11 is 11.8. The van der Waals surface area contributed by atoms with Crippen molar-refractivity contribution in [3.05, 3.63) is 45.4 Å². The Hall–Kier alpha value is -1.63. The summed E-state index contributed by atoms with van der Waals surface area (Å²) in [5.41, 5.74) is 2.39. The summed E-state index contributed by atoms with van der Waals surface area (Å²) in [5.74, 6) is 4.33. The zero-order valence-corrected chi connectivity index (χ0v) is 11.8. The van der Waals surface area contributed by atoms with E-state index in [-0.39, 0.29) is 32.9 Å². The molecule has 0 saturated heterocycles. The smallest absolute Gasteiger partial charge is 0.161 e. The number of rotatable bonds is 3. The molecular formula is C12H10Cl2F2N4. The highest BCUT2D eigenvalue weighted by atomic mass is 35.5. The van der Waals surface area contributed by atoms with Gasteiger partial charge in [0.15, 0.2) is 11.6 Å². The second-order valence-electron chi connectivity index (χ2n) is 4.00. The first kappa shape index (κ1) is 14.8. The lowest BCUT2D eigenvalue weighted by Crippen LogP contribution is -2.10. The fourth-order valence-corrected chi connectivity index (χ4v) is 1.99. The zero-order chi connectivity index (χ0) is 14.9. The van der Waals surface area contributed by atoms with E-state index >= 15 is 0 Å². The fraction of sp³-hybridized carbons (Fsp3) is 0.0833. The molecule has 106 valence electrons. The monoisotopic (exact) mass is 318 g/mol. The number of benzene rings is 1. The van der Waals surface area contributed by atoms with Crippen LogP contribution >= 0.6 is 23.2 Å². The summed E-state index contributed by atoms with van der Waals surface area (Å²) < 4.78 is 27.2. The predicted octanol–water partition coefficient (Wildman–Crippen LogP) is 4.00. The molecule has 1 aromatic carbocycles. The van der Waals surface area contributed by atoms with Crippen LogP contribution in [0.25, 0.3) is 0 Å². The number of aromatic nitrogens is 1. The van der Waals surface area contributed by atoms with Crippen molar-refractivity contribution in [2.75, 3.05) is 10.7 Å². The highest BCUT2D eigenvalue weighted by molar-refractivity contribution is 6.37. The Kier molecular flexibility index (Phi) is 4.27. The van der Waals surface area contributed by atoms with E-state index < -0.39 is 11.6 Å². The van der Waals surface area contributed by atoms with Crippen molar-refractivity contribution in [2.45, 2.75) is 6.92 Å². The summed E-state index contributed by atoms with van der Waals surface area (Å²) in [7, 11) is 0. The molecule has 0 amide bonds. The summed E-state index contributed by atoms with van der Waals surface area (Å²) in [5, 5.41) is 2.95. The Morgan fingerprint density at radius 3 is 2.35 bits per heavy atom. The third-order valence-electron chi connectivity index (χ3n) is 2.57. The van der Waals surface area contributed by atoms with Crippen LogP contribution in [0, 0.1) is 18.6 Å². The number of nitrogens with two attached hydrogens (primary N) is 1. The topological polar surface area (TPSA) is 63.0 Å². The first-order valence-corrected chi connectivity index (χ1v) is 6.23. The van der Waals surface area contributed by atoms with E-state index in [4.69, 9.17) is 29.0 Å². The maximum Gasteiger partial charge on any atom is 0.161 e. The molecule has 2 aromatic rings. The van der Waals surface area contributed by atoms with E-state index in [1.165, 1.54) is 13.0 Å². The number of halogens is 4. The van der Waals surface area contributed by atoms with Crippen molar-refractivity contribution >= 4 is 40.5 Å². The van der Waals surface area contributed by atoms with E-state index in [0.29, 0.717) is 0 Å². The molecule has 2 rings (SSSR count). The molecule has 1 heterocycles. The average Bonchev–Trinajstić information content (AvgIpc) is 2.38. The quantitative estimate of drug-likeness (QED) is 0.591. The van der Waals surface area contributed by atoms with E-state index in [1.807, 2.05) is 0 Å². The molecule has 0 spiro atoms. The van der Waals surface area contributed by atoms with Gasteiger partial charge in [-0.2, -0.15) is 0 Å². The number of nitrogens with one attached hydrogen (secondary N) is 2. The molecule has 0 aliphatic rings. The fourth-order valence-electron chi connectivity index (χ4n) is 1.53. The molecule has 8 heteroatoms. The number of hydrogen-bond donors (Lipinski definition) is 3. The number of nitrogen functional groups attached to an aromatic ring is 1. The van der Waals surface area contributed by atoms with Gasteiger partial charge in [0.1, 0.15) is 11.6 Å². The molecule has 0 fully saturated rings. The van der Waals surface area contributed by atoms with E-state index in [0.717, 1.165) is 12.1 Å². The zero-order valence-electron chi connectivity index (χ0n) is 10.3. The SMILES string of the molecule is Cc1cc(F)c(Nc2nc(NN)c(Cl)cc2Cl)cc1F. The minimum absolute atomic E-state index is 0.0900. The molecule has 0 unspecified atom stereocenters. The minimum atomic E-state index is -0.626. The summed E-state index contributed by atoms with van der Waals surface area (Å²) in [4.78, 5) is 3.98. The Morgan fingerprint density at radius 2 is 1.70 bits per heavy atom. The van der Waals surface area contributed by atoms with Crippen molar-refractivity contribution in [3.63, 3.8) is 0 Å². The number of aryl methyl sites for hydroxylation is 1. The van der Waals surface area contributed by atoms with Crippen molar-refractivity contribution in [1.82, 2.24) is 4.98 Å². The van der Waals surface area contributed by atoms with Gasteiger partial charge in [0.25, 0.3) is 0 Å². The second-order valence-corrected chi connectivity index (χ2v) is 4.81. The van der Waals surface area contributed by atoms with E-state index in [9.17, 15) is 8.78 Å². The first-order chi connectivity index (χ1) is 9.42. The largest absolute Gasteiger partial charge is 0.336 e. The summed E-state index contributed by atoms with van der Waals surface area (Å²) in [6.45, 7) is 1.46. The molecule has 0 bridgehead atoms. The molecule has 20 heavy (non-hydrogen) atoms. The van der Waals surface area contributed by atoms with Gasteiger partial charge < -0.3 is 10.7 Å². The lowest BCUT2D eigenvalue weighted by Gasteiger charge is -2.12. The van der Waals surface area contributed by atoms with Crippen molar-refractivity contribution < 1.29 is 8.78 Å². The molecule has 1 aromatic heterocycles. The van der Waals surface area contributed by atoms with Gasteiger partial charge in [0.2, 0.25) is 0 Å². The van der Waals surface area contributed by atoms with Gasteiger partial charge in [0.05, 0.1) is 15.7 Å². The van der Waals surface area contributed by atoms with Crippen LogP contribution in [0.5, 0.6) is 0 Å². The van der Waals surface area contributed by atoms with Crippen LogP contribution in [0.3, 0.4) is 0 Å². The Bertz CT molecular complexity index is 664. The van der Waals surface area contributed by atoms with Gasteiger partial charge in [-0.15, -0.1) is 0 Å². The molecular weight excluding hydrogens is 309 g/mol. The van der Waals surface area contributed by atoms with Crippen LogP contribution in [-0.2, 0) is 0 Å². The van der Waals surface area contributed by atoms with E-state index in [2.05, 4.69) is 15.7 Å². The van der Waals surface area contributed by atoms with Gasteiger partial charge in [-0.05, 0) is 24.6 Å². The molecule has 0 aliphatic carbocycles. The second kappa shape index (κ2) is 5.78. The maximum absolute atomic E-state index is 13.7. The normalized spacial score (nSPS) is 10.5. The molecule has 0 atom stereocenters. The highest BCUT2D eigenvalue weighted by Gasteiger charge is 2.12. The maximum atomic E-state index is 13.7. The standard InChI is InChI=1S/C12H10Cl2F2N4/c1-5-2-9(16)10(4-8(5)15)18-11-6(13)3-7(14)12(19-11)20-17/h2-4H,17H2,1H3,(H2,18,19,20). The Morgan fingerprint density at radius 1 is 1.05 bits per heavy atom. The van der Waals surface area contributed by atoms with Crippen LogP contribution in [0.2, 0.25) is 10.0 Å². The minimum Gasteiger partial charge on any atom is -0.336 e. The molecule has 0 radical (unpaired) electrons. The average molecular weight is 319 g/mol. The van der Waals surface area contributed by atoms with Crippen molar-refractivity contribution in [3.8, 4) is 0 Å². The summed E-state index contributed by atoms with van der Waals surface area (Å²) in [6.07, 6.45) is 0. The van der Waals surface area contributed by atoms with Crippen molar-refractivity contribution in [2.24, 2.45) is 5.84 Å². The van der Waals surface area contributed by atoms with Crippen molar-refractivity contribution in [1.29, 1.82) is 0 Å². The van der Waals surface area contributed by atoms with Crippen LogP contribution < -0.4 is 16.6 Å². The molecule has 4 N–H and O–H groups in total. The molecule has 0 saturated carbocycles. The Labute approximate surface area is 123 Å². The number of anilines is 3. The molecule has 4 nitrogen and oxygen atoms in total.